The van der Waals surface area contributed by atoms with Crippen LogP contribution in [0.2, 0.25) is 0 Å². The average molecular weight is 293 g/mol. The SMILES string of the molecule is CN1CCC(NC(=O)NCCOc2ccc(O)cc2)CC1. The Hall–Kier alpha value is -1.95. The van der Waals surface area contributed by atoms with Crippen LogP contribution in [0.25, 0.3) is 0 Å². The zero-order valence-corrected chi connectivity index (χ0v) is 12.3. The second kappa shape index (κ2) is 7.73. The molecule has 6 heteroatoms. The number of hydrogen-bond donors (Lipinski definition) is 3. The van der Waals surface area contributed by atoms with Crippen LogP contribution in [-0.4, -0.2) is 55.4 Å². The Kier molecular flexibility index (Phi) is 5.68. The van der Waals surface area contributed by atoms with Crippen molar-refractivity contribution in [2.75, 3.05) is 33.3 Å². The summed E-state index contributed by atoms with van der Waals surface area (Å²) in [6.45, 7) is 2.88. The summed E-state index contributed by atoms with van der Waals surface area (Å²) in [4.78, 5) is 14.0. The number of likely N-dealkylation sites (tertiary alicyclic amines) is 1. The van der Waals surface area contributed by atoms with Crippen LogP contribution in [0.15, 0.2) is 24.3 Å². The first-order valence-electron chi connectivity index (χ1n) is 7.28. The highest BCUT2D eigenvalue weighted by Gasteiger charge is 2.17. The van der Waals surface area contributed by atoms with E-state index in [0.29, 0.717) is 18.9 Å². The van der Waals surface area contributed by atoms with E-state index < -0.39 is 0 Å². The minimum absolute atomic E-state index is 0.140. The highest BCUT2D eigenvalue weighted by atomic mass is 16.5. The van der Waals surface area contributed by atoms with E-state index in [0.717, 1.165) is 25.9 Å². The Morgan fingerprint density at radius 1 is 1.33 bits per heavy atom. The number of urea groups is 1. The van der Waals surface area contributed by atoms with Gasteiger partial charge in [-0.3, -0.25) is 0 Å². The van der Waals surface area contributed by atoms with Crippen LogP contribution in [0.3, 0.4) is 0 Å². The monoisotopic (exact) mass is 293 g/mol. The molecule has 1 aliphatic rings. The van der Waals surface area contributed by atoms with Gasteiger partial charge in [0.25, 0.3) is 0 Å². The second-order valence-corrected chi connectivity index (χ2v) is 5.32. The zero-order chi connectivity index (χ0) is 15.1. The fraction of sp³-hybridized carbons (Fsp3) is 0.533. The fourth-order valence-corrected chi connectivity index (χ4v) is 2.27. The molecule has 0 unspecified atom stereocenters. The van der Waals surface area contributed by atoms with Gasteiger partial charge in [0.1, 0.15) is 18.1 Å². The van der Waals surface area contributed by atoms with Crippen LogP contribution >= 0.6 is 0 Å². The number of piperidine rings is 1. The molecule has 0 saturated carbocycles. The molecule has 0 aliphatic carbocycles. The molecule has 1 aliphatic heterocycles. The van der Waals surface area contributed by atoms with Crippen molar-refractivity contribution in [1.82, 2.24) is 15.5 Å². The Bertz CT molecular complexity index is 442. The summed E-state index contributed by atoms with van der Waals surface area (Å²) in [5.74, 6) is 0.878. The molecule has 6 nitrogen and oxygen atoms in total. The molecule has 2 amide bonds. The average Bonchev–Trinajstić information content (AvgIpc) is 2.48. The van der Waals surface area contributed by atoms with Gasteiger partial charge in [0.2, 0.25) is 0 Å². The number of carbonyl (C=O) groups excluding carboxylic acids is 1. The second-order valence-electron chi connectivity index (χ2n) is 5.32. The molecular weight excluding hydrogens is 270 g/mol. The summed E-state index contributed by atoms with van der Waals surface area (Å²) in [7, 11) is 2.09. The third-order valence-electron chi connectivity index (χ3n) is 3.55. The van der Waals surface area contributed by atoms with E-state index in [1.54, 1.807) is 24.3 Å². The number of benzene rings is 1. The van der Waals surface area contributed by atoms with Crippen LogP contribution < -0.4 is 15.4 Å². The molecule has 0 aromatic heterocycles. The number of phenols is 1. The van der Waals surface area contributed by atoms with Crippen molar-refractivity contribution >= 4 is 6.03 Å². The van der Waals surface area contributed by atoms with Gasteiger partial charge < -0.3 is 25.4 Å². The summed E-state index contributed by atoms with van der Waals surface area (Å²) >= 11 is 0. The maximum atomic E-state index is 11.7. The molecule has 21 heavy (non-hydrogen) atoms. The number of nitrogens with one attached hydrogen (secondary N) is 2. The highest BCUT2D eigenvalue weighted by molar-refractivity contribution is 5.74. The van der Waals surface area contributed by atoms with Crippen molar-refractivity contribution in [3.63, 3.8) is 0 Å². The normalized spacial score (nSPS) is 16.4. The predicted octanol–water partition coefficient (Wildman–Crippen LogP) is 1.16. The van der Waals surface area contributed by atoms with Gasteiger partial charge in [-0.05, 0) is 57.2 Å². The van der Waals surface area contributed by atoms with Crippen LogP contribution in [0.5, 0.6) is 11.5 Å². The number of nitrogens with zero attached hydrogens (tertiary/aromatic N) is 1. The maximum absolute atomic E-state index is 11.7. The minimum atomic E-state index is -0.140. The van der Waals surface area contributed by atoms with Crippen molar-refractivity contribution in [3.8, 4) is 11.5 Å². The number of phenolic OH excluding ortho intramolecular Hbond substituents is 1. The quantitative estimate of drug-likeness (QED) is 0.712. The van der Waals surface area contributed by atoms with Gasteiger partial charge in [-0.2, -0.15) is 0 Å². The molecule has 0 radical (unpaired) electrons. The lowest BCUT2D eigenvalue weighted by atomic mass is 10.1. The van der Waals surface area contributed by atoms with Crippen LogP contribution in [0, 0.1) is 0 Å². The fourth-order valence-electron chi connectivity index (χ4n) is 2.27. The van der Waals surface area contributed by atoms with Gasteiger partial charge in [0.05, 0.1) is 6.54 Å². The lowest BCUT2D eigenvalue weighted by molar-refractivity contribution is 0.211. The molecule has 0 spiro atoms. The van der Waals surface area contributed by atoms with E-state index in [1.807, 2.05) is 0 Å². The number of amides is 2. The summed E-state index contributed by atoms with van der Waals surface area (Å²) in [6, 6.07) is 6.63. The first-order chi connectivity index (χ1) is 10.1. The number of carbonyl (C=O) groups is 1. The Balaban J connectivity index is 1.58. The molecule has 1 heterocycles. The van der Waals surface area contributed by atoms with E-state index in [4.69, 9.17) is 9.84 Å². The van der Waals surface area contributed by atoms with Gasteiger partial charge in [0.15, 0.2) is 0 Å². The van der Waals surface area contributed by atoms with Crippen molar-refractivity contribution in [2.24, 2.45) is 0 Å². The molecule has 2 rings (SSSR count). The van der Waals surface area contributed by atoms with Crippen molar-refractivity contribution in [1.29, 1.82) is 0 Å². The standard InChI is InChI=1S/C15H23N3O3/c1-18-9-6-12(7-10-18)17-15(20)16-8-11-21-14-4-2-13(19)3-5-14/h2-5,12,19H,6-11H2,1H3,(H2,16,17,20). The van der Waals surface area contributed by atoms with E-state index in [2.05, 4.69) is 22.6 Å². The van der Waals surface area contributed by atoms with E-state index in [-0.39, 0.29) is 17.8 Å². The van der Waals surface area contributed by atoms with Gasteiger partial charge in [-0.25, -0.2) is 4.79 Å². The van der Waals surface area contributed by atoms with Crippen LogP contribution in [0.4, 0.5) is 4.79 Å². The predicted molar refractivity (Wildman–Crippen MR) is 80.7 cm³/mol. The Morgan fingerprint density at radius 3 is 2.67 bits per heavy atom. The summed E-state index contributed by atoms with van der Waals surface area (Å²) < 4.78 is 5.46. The Labute approximate surface area is 125 Å². The topological polar surface area (TPSA) is 73.8 Å². The maximum Gasteiger partial charge on any atom is 0.315 e. The lowest BCUT2D eigenvalue weighted by Crippen LogP contribution is -2.47. The first-order valence-corrected chi connectivity index (χ1v) is 7.28. The van der Waals surface area contributed by atoms with E-state index in [9.17, 15) is 4.79 Å². The number of hydrogen-bond acceptors (Lipinski definition) is 4. The van der Waals surface area contributed by atoms with Gasteiger partial charge >= 0.3 is 6.03 Å². The molecule has 0 bridgehead atoms. The summed E-state index contributed by atoms with van der Waals surface area (Å²) in [5.41, 5.74) is 0. The molecule has 3 N–H and O–H groups in total. The van der Waals surface area contributed by atoms with Crippen molar-refractivity contribution in [3.05, 3.63) is 24.3 Å². The molecule has 116 valence electrons. The van der Waals surface area contributed by atoms with Crippen molar-refractivity contribution < 1.29 is 14.6 Å². The van der Waals surface area contributed by atoms with Gasteiger partial charge in [0, 0.05) is 6.04 Å². The lowest BCUT2D eigenvalue weighted by Gasteiger charge is -2.29. The zero-order valence-electron chi connectivity index (χ0n) is 12.3. The van der Waals surface area contributed by atoms with E-state index in [1.165, 1.54) is 0 Å². The third kappa shape index (κ3) is 5.51. The Morgan fingerprint density at radius 2 is 2.00 bits per heavy atom. The summed E-state index contributed by atoms with van der Waals surface area (Å²) in [6.07, 6.45) is 1.99. The van der Waals surface area contributed by atoms with E-state index >= 15 is 0 Å². The largest absolute Gasteiger partial charge is 0.508 e. The highest BCUT2D eigenvalue weighted by Crippen LogP contribution is 2.15. The third-order valence-corrected chi connectivity index (χ3v) is 3.55. The van der Waals surface area contributed by atoms with Gasteiger partial charge in [-0.1, -0.05) is 0 Å². The van der Waals surface area contributed by atoms with Gasteiger partial charge in [-0.15, -0.1) is 0 Å². The molecular formula is C15H23N3O3. The van der Waals surface area contributed by atoms with Crippen LogP contribution in [0.1, 0.15) is 12.8 Å². The van der Waals surface area contributed by atoms with Crippen LogP contribution in [-0.2, 0) is 0 Å². The molecule has 1 aromatic rings. The number of ether oxygens (including phenoxy) is 1. The summed E-state index contributed by atoms with van der Waals surface area (Å²) in [5, 5.41) is 14.9. The van der Waals surface area contributed by atoms with Crippen molar-refractivity contribution in [2.45, 2.75) is 18.9 Å². The molecule has 1 fully saturated rings. The number of aromatic hydroxyl groups is 1. The molecule has 1 saturated heterocycles. The molecule has 0 atom stereocenters. The molecule has 1 aromatic carbocycles. The minimum Gasteiger partial charge on any atom is -0.508 e. The first kappa shape index (κ1) is 15.4. The smallest absolute Gasteiger partial charge is 0.315 e. The number of rotatable bonds is 5.